The molecule has 2 aromatic rings. The maximum absolute atomic E-state index is 12.9. The molecule has 176 valence electrons. The number of pyridine rings is 1. The molecule has 2 aromatic heterocycles. The van der Waals surface area contributed by atoms with Gasteiger partial charge in [-0.25, -0.2) is 0 Å². The van der Waals surface area contributed by atoms with E-state index < -0.39 is 0 Å². The minimum atomic E-state index is -0.0335. The van der Waals surface area contributed by atoms with Crippen molar-refractivity contribution in [2.75, 3.05) is 13.1 Å². The van der Waals surface area contributed by atoms with Gasteiger partial charge in [-0.3, -0.25) is 14.4 Å². The largest absolute Gasteiger partial charge is 0.469 e. The smallest absolute Gasteiger partial charge is 0.250 e. The summed E-state index contributed by atoms with van der Waals surface area (Å²) in [6, 6.07) is 9.47. The molecule has 0 aromatic carbocycles. The summed E-state index contributed by atoms with van der Waals surface area (Å²) in [5.41, 5.74) is 1.08. The number of hydrogen-bond acceptors (Lipinski definition) is 4. The fourth-order valence-electron chi connectivity index (χ4n) is 6.09. The van der Waals surface area contributed by atoms with Gasteiger partial charge in [0.1, 0.15) is 5.76 Å². The Labute approximate surface area is 194 Å². The molecule has 1 saturated carbocycles. The quantitative estimate of drug-likeness (QED) is 0.732. The second kappa shape index (κ2) is 9.57. The number of likely N-dealkylation sites (tertiary alicyclic amines) is 1. The van der Waals surface area contributed by atoms with Crippen LogP contribution in [0.5, 0.6) is 0 Å². The van der Waals surface area contributed by atoms with E-state index in [1.807, 2.05) is 33.7 Å². The highest BCUT2D eigenvalue weighted by atomic mass is 16.3. The number of carbonyl (C=O) groups is 2. The minimum Gasteiger partial charge on any atom is -0.469 e. The molecule has 0 unspecified atom stereocenters. The van der Waals surface area contributed by atoms with Crippen LogP contribution in [-0.2, 0) is 22.6 Å². The van der Waals surface area contributed by atoms with E-state index in [2.05, 4.69) is 5.32 Å². The maximum Gasteiger partial charge on any atom is 0.250 e. The van der Waals surface area contributed by atoms with E-state index >= 15 is 0 Å². The third kappa shape index (κ3) is 4.92. The summed E-state index contributed by atoms with van der Waals surface area (Å²) in [5, 5.41) is 3.21. The van der Waals surface area contributed by atoms with Crippen molar-refractivity contribution in [2.45, 2.75) is 69.9 Å². The fraction of sp³-hybridized carbons (Fsp3) is 0.577. The first-order valence-electron chi connectivity index (χ1n) is 12.4. The summed E-state index contributed by atoms with van der Waals surface area (Å²) in [6.45, 7) is 1.98. The number of nitrogens with zero attached hydrogens (tertiary/aromatic N) is 2. The standard InChI is InChI=1S/C26H33N3O4/c30-24(27-22-7-2-1-5-19(22)14-21-6-4-12-33-21)10-11-25(31)28-15-18-13-20(17-28)23-8-3-9-26(32)29(23)16-18/h3-4,6,8-9,12,18-20,22H,1-2,5,7,10-11,13-17H2,(H,27,30)/t18-,19+,20-,22-/m0/s1. The van der Waals surface area contributed by atoms with Crippen LogP contribution in [0.15, 0.2) is 45.8 Å². The molecule has 1 N–H and O–H groups in total. The van der Waals surface area contributed by atoms with Crippen molar-refractivity contribution in [2.24, 2.45) is 11.8 Å². The molecule has 0 spiro atoms. The highest BCUT2D eigenvalue weighted by Crippen LogP contribution is 2.35. The van der Waals surface area contributed by atoms with Gasteiger partial charge >= 0.3 is 0 Å². The second-order valence-electron chi connectivity index (χ2n) is 10.00. The molecule has 4 heterocycles. The lowest BCUT2D eigenvalue weighted by molar-refractivity contribution is -0.136. The average molecular weight is 452 g/mol. The van der Waals surface area contributed by atoms with Gasteiger partial charge in [0.05, 0.1) is 6.26 Å². The SMILES string of the molecule is O=C(CCC(=O)N1C[C@@H]2C[C@@H](C1)c1cccc(=O)n1C2)N[C@H]1CCCC[C@@H]1Cc1ccco1. The molecule has 33 heavy (non-hydrogen) atoms. The van der Waals surface area contributed by atoms with Crippen molar-refractivity contribution in [3.63, 3.8) is 0 Å². The Kier molecular flexibility index (Phi) is 6.38. The lowest BCUT2D eigenvalue weighted by atomic mass is 9.81. The average Bonchev–Trinajstić information content (AvgIpc) is 3.32. The zero-order valence-electron chi connectivity index (χ0n) is 19.1. The fourth-order valence-corrected chi connectivity index (χ4v) is 6.09. The highest BCUT2D eigenvalue weighted by Gasteiger charge is 2.36. The van der Waals surface area contributed by atoms with Gasteiger partial charge < -0.3 is 19.2 Å². The summed E-state index contributed by atoms with van der Waals surface area (Å²) in [6.07, 6.45) is 8.41. The summed E-state index contributed by atoms with van der Waals surface area (Å²) < 4.78 is 7.39. The first-order chi connectivity index (χ1) is 16.1. The van der Waals surface area contributed by atoms with Gasteiger partial charge in [-0.15, -0.1) is 0 Å². The van der Waals surface area contributed by atoms with Crippen LogP contribution in [0, 0.1) is 11.8 Å². The van der Waals surface area contributed by atoms with Crippen LogP contribution in [0.4, 0.5) is 0 Å². The van der Waals surface area contributed by atoms with Gasteiger partial charge in [-0.1, -0.05) is 18.9 Å². The highest BCUT2D eigenvalue weighted by molar-refractivity contribution is 5.84. The number of carbonyl (C=O) groups excluding carboxylic acids is 2. The Balaban J connectivity index is 1.13. The van der Waals surface area contributed by atoms with Crippen LogP contribution >= 0.6 is 0 Å². The van der Waals surface area contributed by atoms with Crippen LogP contribution in [0.25, 0.3) is 0 Å². The number of nitrogens with one attached hydrogen (secondary N) is 1. The van der Waals surface area contributed by atoms with Gasteiger partial charge in [0.25, 0.3) is 5.56 Å². The number of aromatic nitrogens is 1. The lowest BCUT2D eigenvalue weighted by Crippen LogP contribution is -2.49. The van der Waals surface area contributed by atoms with E-state index in [1.165, 1.54) is 6.42 Å². The predicted octanol–water partition coefficient (Wildman–Crippen LogP) is 3.08. The maximum atomic E-state index is 12.9. The van der Waals surface area contributed by atoms with Crippen LogP contribution in [0.1, 0.15) is 62.3 Å². The van der Waals surface area contributed by atoms with Gasteiger partial charge in [0, 0.05) is 62.6 Å². The Morgan fingerprint density at radius 3 is 2.76 bits per heavy atom. The Bertz CT molecular complexity index is 1040. The molecule has 2 aliphatic heterocycles. The first kappa shape index (κ1) is 22.0. The summed E-state index contributed by atoms with van der Waals surface area (Å²) in [5.74, 6) is 1.87. The molecular weight excluding hydrogens is 418 g/mol. The van der Waals surface area contributed by atoms with E-state index in [9.17, 15) is 14.4 Å². The van der Waals surface area contributed by atoms with Crippen molar-refractivity contribution in [3.05, 3.63) is 58.4 Å². The van der Waals surface area contributed by atoms with Crippen LogP contribution in [-0.4, -0.2) is 40.4 Å². The van der Waals surface area contributed by atoms with Crippen LogP contribution < -0.4 is 10.9 Å². The molecule has 7 nitrogen and oxygen atoms in total. The summed E-state index contributed by atoms with van der Waals surface area (Å²) >= 11 is 0. The Morgan fingerprint density at radius 1 is 1.03 bits per heavy atom. The van der Waals surface area contributed by atoms with Gasteiger partial charge in [-0.05, 0) is 49.3 Å². The molecule has 3 aliphatic rings. The number of fused-ring (bicyclic) bond motifs is 4. The molecule has 2 bridgehead atoms. The van der Waals surface area contributed by atoms with E-state index in [4.69, 9.17) is 4.42 Å². The van der Waals surface area contributed by atoms with E-state index in [0.717, 1.165) is 43.6 Å². The summed E-state index contributed by atoms with van der Waals surface area (Å²) in [7, 11) is 0. The van der Waals surface area contributed by atoms with Crippen molar-refractivity contribution in [1.29, 1.82) is 0 Å². The van der Waals surface area contributed by atoms with Gasteiger partial charge in [-0.2, -0.15) is 0 Å². The van der Waals surface area contributed by atoms with E-state index in [1.54, 1.807) is 12.3 Å². The molecule has 4 atom stereocenters. The molecule has 2 amide bonds. The second-order valence-corrected chi connectivity index (χ2v) is 10.00. The number of furan rings is 1. The molecular formula is C26H33N3O4. The number of hydrogen-bond donors (Lipinski definition) is 1. The monoisotopic (exact) mass is 451 g/mol. The number of piperidine rings is 1. The molecule has 7 heteroatoms. The van der Waals surface area contributed by atoms with Crippen molar-refractivity contribution in [1.82, 2.24) is 14.8 Å². The molecule has 0 radical (unpaired) electrons. The minimum absolute atomic E-state index is 0.0335. The van der Waals surface area contributed by atoms with Crippen LogP contribution in [0.2, 0.25) is 0 Å². The van der Waals surface area contributed by atoms with Gasteiger partial charge in [0.2, 0.25) is 11.8 Å². The third-order valence-electron chi connectivity index (χ3n) is 7.70. The van der Waals surface area contributed by atoms with Crippen molar-refractivity contribution < 1.29 is 14.0 Å². The van der Waals surface area contributed by atoms with E-state index in [-0.39, 0.29) is 42.2 Å². The van der Waals surface area contributed by atoms with Crippen molar-refractivity contribution in [3.8, 4) is 0 Å². The zero-order valence-corrected chi connectivity index (χ0v) is 19.1. The molecule has 5 rings (SSSR count). The lowest BCUT2D eigenvalue weighted by Gasteiger charge is -2.42. The van der Waals surface area contributed by atoms with Crippen LogP contribution in [0.3, 0.4) is 0 Å². The Hall–Kier alpha value is -2.83. The summed E-state index contributed by atoms with van der Waals surface area (Å²) in [4.78, 5) is 39.8. The number of amides is 2. The molecule has 1 saturated heterocycles. The molecule has 1 aliphatic carbocycles. The Morgan fingerprint density at radius 2 is 1.91 bits per heavy atom. The number of rotatable bonds is 6. The normalized spacial score (nSPS) is 26.5. The topological polar surface area (TPSA) is 84.5 Å². The van der Waals surface area contributed by atoms with Gasteiger partial charge in [0.15, 0.2) is 0 Å². The zero-order chi connectivity index (χ0) is 22.8. The third-order valence-corrected chi connectivity index (χ3v) is 7.70. The first-order valence-corrected chi connectivity index (χ1v) is 12.4. The van der Waals surface area contributed by atoms with Crippen molar-refractivity contribution >= 4 is 11.8 Å². The van der Waals surface area contributed by atoms with E-state index in [0.29, 0.717) is 31.5 Å². The molecule has 2 fully saturated rings. The predicted molar refractivity (Wildman–Crippen MR) is 124 cm³/mol.